The summed E-state index contributed by atoms with van der Waals surface area (Å²) < 4.78 is 12.8. The molecule has 80 valence electrons. The molecule has 0 saturated heterocycles. The monoisotopic (exact) mass is 214 g/mol. The van der Waals surface area contributed by atoms with E-state index in [0.717, 1.165) is 5.69 Å². The first kappa shape index (κ1) is 10.4. The highest BCUT2D eigenvalue weighted by Crippen LogP contribution is 2.14. The van der Waals surface area contributed by atoms with Gasteiger partial charge in [-0.1, -0.05) is 18.2 Å². The molecule has 0 heterocycles. The van der Waals surface area contributed by atoms with Crippen molar-refractivity contribution in [3.05, 3.63) is 59.9 Å². The highest BCUT2D eigenvalue weighted by atomic mass is 19.1. The molecule has 0 aliphatic rings. The molecular weight excluding hydrogens is 203 g/mol. The molecule has 2 N–H and O–H groups in total. The van der Waals surface area contributed by atoms with E-state index in [1.807, 2.05) is 30.3 Å². The van der Waals surface area contributed by atoms with Crippen LogP contribution < -0.4 is 5.73 Å². The van der Waals surface area contributed by atoms with Gasteiger partial charge in [-0.2, -0.15) is 0 Å². The normalized spacial score (nSPS) is 10.8. The summed E-state index contributed by atoms with van der Waals surface area (Å²) in [6, 6.07) is 13.8. The molecular formula is C13H11FN2. The second-order valence-corrected chi connectivity index (χ2v) is 3.37. The second kappa shape index (κ2) is 4.57. The smallest absolute Gasteiger partial charge is 0.125 e. The Bertz CT molecular complexity index is 507. The van der Waals surface area contributed by atoms with Gasteiger partial charge in [-0.05, 0) is 30.3 Å². The van der Waals surface area contributed by atoms with Gasteiger partial charge in [-0.15, -0.1) is 0 Å². The molecule has 0 atom stereocenters. The first-order valence-corrected chi connectivity index (χ1v) is 4.90. The van der Waals surface area contributed by atoms with Crippen molar-refractivity contribution in [1.82, 2.24) is 0 Å². The summed E-state index contributed by atoms with van der Waals surface area (Å²) in [4.78, 5) is 4.24. The van der Waals surface area contributed by atoms with Gasteiger partial charge in [0.05, 0.1) is 5.69 Å². The van der Waals surface area contributed by atoms with E-state index in [-0.39, 0.29) is 5.82 Å². The van der Waals surface area contributed by atoms with Crippen LogP contribution in [-0.4, -0.2) is 6.21 Å². The first-order chi connectivity index (χ1) is 7.75. The zero-order valence-electron chi connectivity index (χ0n) is 8.60. The number of benzene rings is 2. The van der Waals surface area contributed by atoms with Crippen LogP contribution in [0.25, 0.3) is 0 Å². The molecule has 0 fully saturated rings. The van der Waals surface area contributed by atoms with E-state index in [1.165, 1.54) is 12.1 Å². The Morgan fingerprint density at radius 3 is 2.50 bits per heavy atom. The van der Waals surface area contributed by atoms with E-state index in [9.17, 15) is 4.39 Å². The minimum atomic E-state index is -0.339. The number of hydrogen-bond acceptors (Lipinski definition) is 2. The summed E-state index contributed by atoms with van der Waals surface area (Å²) >= 11 is 0. The molecule has 16 heavy (non-hydrogen) atoms. The number of hydrogen-bond donors (Lipinski definition) is 1. The van der Waals surface area contributed by atoms with E-state index in [4.69, 9.17) is 5.73 Å². The number of nitrogen functional groups attached to an aromatic ring is 1. The predicted molar refractivity (Wildman–Crippen MR) is 64.5 cm³/mol. The maximum atomic E-state index is 12.8. The van der Waals surface area contributed by atoms with E-state index in [1.54, 1.807) is 12.3 Å². The first-order valence-electron chi connectivity index (χ1n) is 4.90. The van der Waals surface area contributed by atoms with E-state index in [2.05, 4.69) is 4.99 Å². The topological polar surface area (TPSA) is 38.4 Å². The van der Waals surface area contributed by atoms with Crippen LogP contribution in [0.4, 0.5) is 15.8 Å². The van der Waals surface area contributed by atoms with Crippen molar-refractivity contribution in [2.75, 3.05) is 5.73 Å². The van der Waals surface area contributed by atoms with Gasteiger partial charge in [0.2, 0.25) is 0 Å². The number of rotatable bonds is 2. The predicted octanol–water partition coefficient (Wildman–Crippen LogP) is 3.16. The largest absolute Gasteiger partial charge is 0.398 e. The molecule has 2 aromatic carbocycles. The number of halogens is 1. The lowest BCUT2D eigenvalue weighted by Crippen LogP contribution is -1.93. The zero-order chi connectivity index (χ0) is 11.4. The van der Waals surface area contributed by atoms with Crippen molar-refractivity contribution >= 4 is 17.6 Å². The zero-order valence-corrected chi connectivity index (χ0v) is 8.60. The maximum Gasteiger partial charge on any atom is 0.125 e. The fourth-order valence-electron chi connectivity index (χ4n) is 1.32. The lowest BCUT2D eigenvalue weighted by molar-refractivity contribution is 0.628. The molecule has 0 aromatic heterocycles. The molecule has 0 unspecified atom stereocenters. The quantitative estimate of drug-likeness (QED) is 0.605. The number of nitrogens with zero attached hydrogens (tertiary/aromatic N) is 1. The summed E-state index contributed by atoms with van der Waals surface area (Å²) in [5.74, 6) is -0.339. The number of nitrogens with two attached hydrogens (primary N) is 1. The fourth-order valence-corrected chi connectivity index (χ4v) is 1.32. The fraction of sp³-hybridized carbons (Fsp3) is 0. The van der Waals surface area contributed by atoms with Crippen LogP contribution in [0, 0.1) is 5.82 Å². The Morgan fingerprint density at radius 2 is 1.81 bits per heavy atom. The van der Waals surface area contributed by atoms with Crippen LogP contribution in [0.5, 0.6) is 0 Å². The van der Waals surface area contributed by atoms with E-state index < -0.39 is 0 Å². The third-order valence-electron chi connectivity index (χ3n) is 2.16. The molecule has 0 bridgehead atoms. The van der Waals surface area contributed by atoms with E-state index >= 15 is 0 Å². The highest BCUT2D eigenvalue weighted by molar-refractivity contribution is 5.88. The molecule has 0 aliphatic heterocycles. The SMILES string of the molecule is Nc1cc(F)ccc1C=Nc1ccccc1. The lowest BCUT2D eigenvalue weighted by atomic mass is 10.2. The van der Waals surface area contributed by atoms with Gasteiger partial charge in [0.25, 0.3) is 0 Å². The van der Waals surface area contributed by atoms with Gasteiger partial charge >= 0.3 is 0 Å². The molecule has 0 aliphatic carbocycles. The second-order valence-electron chi connectivity index (χ2n) is 3.37. The van der Waals surface area contributed by atoms with E-state index in [0.29, 0.717) is 11.3 Å². The van der Waals surface area contributed by atoms with Gasteiger partial charge in [0, 0.05) is 17.5 Å². The molecule has 2 nitrogen and oxygen atoms in total. The number of para-hydroxylation sites is 1. The Balaban J connectivity index is 2.24. The number of aliphatic imine (C=N–C) groups is 1. The van der Waals surface area contributed by atoms with Gasteiger partial charge in [-0.25, -0.2) is 4.39 Å². The summed E-state index contributed by atoms with van der Waals surface area (Å²) in [6.45, 7) is 0. The average Bonchev–Trinajstić information content (AvgIpc) is 2.29. The van der Waals surface area contributed by atoms with Crippen LogP contribution in [0.1, 0.15) is 5.56 Å². The summed E-state index contributed by atoms with van der Waals surface area (Å²) in [7, 11) is 0. The van der Waals surface area contributed by atoms with Crippen LogP contribution in [-0.2, 0) is 0 Å². The molecule has 2 rings (SSSR count). The third kappa shape index (κ3) is 2.45. The summed E-state index contributed by atoms with van der Waals surface area (Å²) in [5, 5.41) is 0. The number of anilines is 1. The van der Waals surface area contributed by atoms with Crippen molar-refractivity contribution in [2.24, 2.45) is 4.99 Å². The highest BCUT2D eigenvalue weighted by Gasteiger charge is 1.97. The molecule has 0 spiro atoms. The van der Waals surface area contributed by atoms with Crippen LogP contribution in [0.15, 0.2) is 53.5 Å². The standard InChI is InChI=1S/C13H11FN2/c14-11-7-6-10(13(15)8-11)9-16-12-4-2-1-3-5-12/h1-9H,15H2. The Hall–Kier alpha value is -2.16. The van der Waals surface area contributed by atoms with Crippen LogP contribution in [0.3, 0.4) is 0 Å². The lowest BCUT2D eigenvalue weighted by Gasteiger charge is -1.99. The van der Waals surface area contributed by atoms with Gasteiger partial charge < -0.3 is 5.73 Å². The molecule has 0 saturated carbocycles. The Labute approximate surface area is 93.3 Å². The minimum absolute atomic E-state index is 0.339. The van der Waals surface area contributed by atoms with Gasteiger partial charge in [-0.3, -0.25) is 4.99 Å². The third-order valence-corrected chi connectivity index (χ3v) is 2.16. The summed E-state index contributed by atoms with van der Waals surface area (Å²) in [5.41, 5.74) is 7.60. The molecule has 0 radical (unpaired) electrons. The average molecular weight is 214 g/mol. The van der Waals surface area contributed by atoms with Crippen molar-refractivity contribution in [2.45, 2.75) is 0 Å². The maximum absolute atomic E-state index is 12.8. The van der Waals surface area contributed by atoms with Gasteiger partial charge in [0.15, 0.2) is 0 Å². The van der Waals surface area contributed by atoms with Crippen molar-refractivity contribution in [3.8, 4) is 0 Å². The Kier molecular flexibility index (Phi) is 2.96. The van der Waals surface area contributed by atoms with Crippen LogP contribution in [0.2, 0.25) is 0 Å². The van der Waals surface area contributed by atoms with Crippen molar-refractivity contribution in [1.29, 1.82) is 0 Å². The van der Waals surface area contributed by atoms with Gasteiger partial charge in [0.1, 0.15) is 5.82 Å². The van der Waals surface area contributed by atoms with Crippen LogP contribution >= 0.6 is 0 Å². The summed E-state index contributed by atoms with van der Waals surface area (Å²) in [6.07, 6.45) is 1.63. The minimum Gasteiger partial charge on any atom is -0.398 e. The molecule has 2 aromatic rings. The van der Waals surface area contributed by atoms with Crippen molar-refractivity contribution in [3.63, 3.8) is 0 Å². The molecule has 3 heteroatoms. The molecule has 0 amide bonds. The Morgan fingerprint density at radius 1 is 1.06 bits per heavy atom. The van der Waals surface area contributed by atoms with Crippen molar-refractivity contribution < 1.29 is 4.39 Å².